The van der Waals surface area contributed by atoms with E-state index in [4.69, 9.17) is 0 Å². The molecule has 0 N–H and O–H groups in total. The number of hydrogen-bond donors (Lipinski definition) is 0. The van der Waals surface area contributed by atoms with Crippen LogP contribution in [0.15, 0.2) is 34.8 Å². The second kappa shape index (κ2) is 6.02. The van der Waals surface area contributed by atoms with Gasteiger partial charge in [-0.1, -0.05) is 6.07 Å². The van der Waals surface area contributed by atoms with Gasteiger partial charge in [0.2, 0.25) is 0 Å². The molecule has 5 heteroatoms. The Morgan fingerprint density at radius 2 is 2.47 bits per heavy atom. The van der Waals surface area contributed by atoms with E-state index in [2.05, 4.69) is 5.10 Å². The molecule has 0 radical (unpaired) electrons. The van der Waals surface area contributed by atoms with Gasteiger partial charge in [0, 0.05) is 24.6 Å². The van der Waals surface area contributed by atoms with Gasteiger partial charge in [0.15, 0.2) is 5.78 Å². The summed E-state index contributed by atoms with van der Waals surface area (Å²) in [7, 11) is 1.91. The maximum Gasteiger partial charge on any atom is 0.172 e. The number of nitrogens with zero attached hydrogens (tertiary/aromatic N) is 2. The molecule has 0 aliphatic heterocycles. The zero-order chi connectivity index (χ0) is 12.1. The number of rotatable bonds is 6. The van der Waals surface area contributed by atoms with E-state index in [0.717, 1.165) is 21.9 Å². The van der Waals surface area contributed by atoms with E-state index in [1.807, 2.05) is 37.0 Å². The second-order valence-electron chi connectivity index (χ2n) is 3.70. The third kappa shape index (κ3) is 3.71. The predicted molar refractivity (Wildman–Crippen MR) is 71.8 cm³/mol. The largest absolute Gasteiger partial charge is 0.293 e. The fourth-order valence-electron chi connectivity index (χ4n) is 1.46. The Morgan fingerprint density at radius 3 is 3.12 bits per heavy atom. The lowest BCUT2D eigenvalue weighted by atomic mass is 10.2. The summed E-state index contributed by atoms with van der Waals surface area (Å²) in [6.07, 6.45) is 5.39. The third-order valence-electron chi connectivity index (χ3n) is 2.29. The highest BCUT2D eigenvalue weighted by atomic mass is 32.2. The summed E-state index contributed by atoms with van der Waals surface area (Å²) in [6, 6.07) is 3.81. The Balaban J connectivity index is 1.68. The fourth-order valence-corrected chi connectivity index (χ4v) is 3.02. The summed E-state index contributed by atoms with van der Waals surface area (Å²) in [4.78, 5) is 13.7. The number of hydrogen-bond acceptors (Lipinski definition) is 4. The van der Waals surface area contributed by atoms with Crippen molar-refractivity contribution >= 4 is 28.9 Å². The monoisotopic (exact) mass is 266 g/mol. The van der Waals surface area contributed by atoms with E-state index < -0.39 is 0 Å². The number of aromatic nitrogens is 2. The van der Waals surface area contributed by atoms with Crippen LogP contribution in [0.5, 0.6) is 0 Å². The molecule has 0 amide bonds. The van der Waals surface area contributed by atoms with E-state index in [1.165, 1.54) is 11.3 Å². The van der Waals surface area contributed by atoms with Crippen molar-refractivity contribution in [1.82, 2.24) is 9.78 Å². The van der Waals surface area contributed by atoms with E-state index in [9.17, 15) is 4.79 Å². The second-order valence-corrected chi connectivity index (χ2v) is 5.82. The molecule has 0 unspecified atom stereocenters. The van der Waals surface area contributed by atoms with Crippen molar-refractivity contribution in [1.29, 1.82) is 0 Å². The molecule has 0 saturated heterocycles. The first-order valence-corrected chi connectivity index (χ1v) is 7.30. The molecule has 2 rings (SSSR count). The Morgan fingerprint density at radius 1 is 1.59 bits per heavy atom. The molecular formula is C12H14N2OS2. The van der Waals surface area contributed by atoms with E-state index in [-0.39, 0.29) is 5.78 Å². The Labute approximate surface area is 109 Å². The Kier molecular flexibility index (Phi) is 4.39. The van der Waals surface area contributed by atoms with Gasteiger partial charge in [0.05, 0.1) is 11.1 Å². The number of carbonyl (C=O) groups excluding carboxylic acids is 1. The summed E-state index contributed by atoms with van der Waals surface area (Å²) < 4.78 is 1.79. The molecule has 0 aromatic carbocycles. The van der Waals surface area contributed by atoms with Crippen molar-refractivity contribution in [3.63, 3.8) is 0 Å². The van der Waals surface area contributed by atoms with Gasteiger partial charge in [-0.2, -0.15) is 5.10 Å². The molecule has 0 aliphatic carbocycles. The molecular weight excluding hydrogens is 252 g/mol. The van der Waals surface area contributed by atoms with Gasteiger partial charge in [-0.05, 0) is 23.6 Å². The van der Waals surface area contributed by atoms with Crippen LogP contribution in [-0.4, -0.2) is 21.3 Å². The lowest BCUT2D eigenvalue weighted by molar-refractivity contribution is 0.0986. The Hall–Kier alpha value is -1.07. The smallest absolute Gasteiger partial charge is 0.172 e. The van der Waals surface area contributed by atoms with Crippen molar-refractivity contribution in [3.05, 3.63) is 34.8 Å². The van der Waals surface area contributed by atoms with Crippen molar-refractivity contribution in [3.8, 4) is 0 Å². The van der Waals surface area contributed by atoms with Crippen LogP contribution in [-0.2, 0) is 7.05 Å². The molecule has 0 bridgehead atoms. The first-order valence-electron chi connectivity index (χ1n) is 5.44. The van der Waals surface area contributed by atoms with Crippen molar-refractivity contribution < 1.29 is 4.79 Å². The van der Waals surface area contributed by atoms with Crippen LogP contribution in [0.25, 0.3) is 0 Å². The SMILES string of the molecule is Cn1cc(SCCCC(=O)c2cccs2)cn1. The number of thiophene rings is 1. The maximum absolute atomic E-state index is 11.7. The van der Waals surface area contributed by atoms with Crippen LogP contribution in [0, 0.1) is 0 Å². The lowest BCUT2D eigenvalue weighted by Gasteiger charge is -1.98. The predicted octanol–water partition coefficient (Wildman–Crippen LogP) is 3.24. The zero-order valence-corrected chi connectivity index (χ0v) is 11.3. The van der Waals surface area contributed by atoms with Crippen LogP contribution in [0.1, 0.15) is 22.5 Å². The molecule has 2 aromatic heterocycles. The summed E-state index contributed by atoms with van der Waals surface area (Å²) in [5, 5.41) is 6.04. The first kappa shape index (κ1) is 12.4. The van der Waals surface area contributed by atoms with Crippen molar-refractivity contribution in [2.75, 3.05) is 5.75 Å². The van der Waals surface area contributed by atoms with Crippen LogP contribution < -0.4 is 0 Å². The normalized spacial score (nSPS) is 10.6. The summed E-state index contributed by atoms with van der Waals surface area (Å²) in [5.41, 5.74) is 0. The molecule has 2 heterocycles. The topological polar surface area (TPSA) is 34.9 Å². The number of Topliss-reactive ketones (excluding diaryl/α,β-unsaturated/α-hetero) is 1. The Bertz CT molecular complexity index is 476. The standard InChI is InChI=1S/C12H14N2OS2/c1-14-9-10(8-13-14)16-6-2-4-11(15)12-5-3-7-17-12/h3,5,7-9H,2,4,6H2,1H3. The zero-order valence-electron chi connectivity index (χ0n) is 9.63. The first-order chi connectivity index (χ1) is 8.25. The van der Waals surface area contributed by atoms with Gasteiger partial charge in [-0.25, -0.2) is 0 Å². The van der Waals surface area contributed by atoms with Crippen LogP contribution >= 0.6 is 23.1 Å². The summed E-state index contributed by atoms with van der Waals surface area (Å²) >= 11 is 3.27. The molecule has 0 saturated carbocycles. The molecule has 0 aliphatic rings. The average Bonchev–Trinajstić information content (AvgIpc) is 2.95. The van der Waals surface area contributed by atoms with Crippen molar-refractivity contribution in [2.24, 2.45) is 7.05 Å². The highest BCUT2D eigenvalue weighted by Crippen LogP contribution is 2.19. The molecule has 3 nitrogen and oxygen atoms in total. The quantitative estimate of drug-likeness (QED) is 0.457. The van der Waals surface area contributed by atoms with Gasteiger partial charge in [-0.3, -0.25) is 9.48 Å². The maximum atomic E-state index is 11.7. The van der Waals surface area contributed by atoms with Crippen molar-refractivity contribution in [2.45, 2.75) is 17.7 Å². The van der Waals surface area contributed by atoms with Gasteiger partial charge in [0.25, 0.3) is 0 Å². The molecule has 17 heavy (non-hydrogen) atoms. The highest BCUT2D eigenvalue weighted by molar-refractivity contribution is 7.99. The number of carbonyl (C=O) groups is 1. The molecule has 0 spiro atoms. The van der Waals surface area contributed by atoms with Crippen LogP contribution in [0.4, 0.5) is 0 Å². The van der Waals surface area contributed by atoms with E-state index in [1.54, 1.807) is 16.4 Å². The molecule has 0 atom stereocenters. The summed E-state index contributed by atoms with van der Waals surface area (Å²) in [5.74, 6) is 1.22. The average molecular weight is 266 g/mol. The van der Waals surface area contributed by atoms with Crippen LogP contribution in [0.2, 0.25) is 0 Å². The van der Waals surface area contributed by atoms with E-state index in [0.29, 0.717) is 6.42 Å². The minimum Gasteiger partial charge on any atom is -0.293 e. The fraction of sp³-hybridized carbons (Fsp3) is 0.333. The highest BCUT2D eigenvalue weighted by Gasteiger charge is 2.06. The summed E-state index contributed by atoms with van der Waals surface area (Å²) in [6.45, 7) is 0. The number of ketones is 1. The minimum atomic E-state index is 0.256. The molecule has 0 fully saturated rings. The molecule has 90 valence electrons. The van der Waals surface area contributed by atoms with Crippen LogP contribution in [0.3, 0.4) is 0 Å². The number of aryl methyl sites for hydroxylation is 1. The van der Waals surface area contributed by atoms with E-state index >= 15 is 0 Å². The van der Waals surface area contributed by atoms with Gasteiger partial charge in [0.1, 0.15) is 0 Å². The van der Waals surface area contributed by atoms with Gasteiger partial charge < -0.3 is 0 Å². The van der Waals surface area contributed by atoms with Gasteiger partial charge in [-0.15, -0.1) is 23.1 Å². The minimum absolute atomic E-state index is 0.256. The number of thioether (sulfide) groups is 1. The third-order valence-corrected chi connectivity index (χ3v) is 4.24. The van der Waals surface area contributed by atoms with Gasteiger partial charge >= 0.3 is 0 Å². The molecule has 2 aromatic rings. The lowest BCUT2D eigenvalue weighted by Crippen LogP contribution is -1.96.